The van der Waals surface area contributed by atoms with Crippen LogP contribution in [0.2, 0.25) is 0 Å². The molecule has 2 rings (SSSR count). The Bertz CT molecular complexity index is 938. The molecule has 134 valence electrons. The van der Waals surface area contributed by atoms with E-state index >= 15 is 0 Å². The van der Waals surface area contributed by atoms with Crippen LogP contribution in [-0.4, -0.2) is 21.2 Å². The fraction of sp³-hybridized carbons (Fsp3) is 0.133. The summed E-state index contributed by atoms with van der Waals surface area (Å²) in [6.07, 6.45) is 0.866. The zero-order valence-electron chi connectivity index (χ0n) is 12.9. The largest absolute Gasteiger partial charge is 0.325 e. The Labute approximate surface area is 149 Å². The van der Waals surface area contributed by atoms with Crippen molar-refractivity contribution in [3.63, 3.8) is 0 Å². The number of halogens is 2. The molecule has 1 aromatic heterocycles. The van der Waals surface area contributed by atoms with Crippen molar-refractivity contribution < 1.29 is 18.5 Å². The van der Waals surface area contributed by atoms with Crippen molar-refractivity contribution in [3.05, 3.63) is 62.6 Å². The Morgan fingerprint density at radius 1 is 1.38 bits per heavy atom. The lowest BCUT2D eigenvalue weighted by Gasteiger charge is -2.08. The number of thioether (sulfide) groups is 1. The number of benzene rings is 1. The second-order valence-corrected chi connectivity index (χ2v) is 5.93. The summed E-state index contributed by atoms with van der Waals surface area (Å²) in [7, 11) is 0. The third-order valence-corrected chi connectivity index (χ3v) is 3.80. The molecule has 2 aromatic rings. The number of aromatic nitrogens is 1. The standard InChI is InChI=1S/C15H10F2N4O4S/c16-15(17)26-12-3-1-10(2-4-12)19-13(22)8-20-7-11(21(24)25)5-9(6-18)14(20)23/h1-5,7,15H,8H2,(H,19,22). The van der Waals surface area contributed by atoms with Crippen LogP contribution in [0.1, 0.15) is 5.56 Å². The normalized spacial score (nSPS) is 10.4. The Morgan fingerprint density at radius 3 is 2.58 bits per heavy atom. The molecule has 26 heavy (non-hydrogen) atoms. The minimum atomic E-state index is -2.56. The minimum Gasteiger partial charge on any atom is -0.325 e. The van der Waals surface area contributed by atoms with E-state index in [1.165, 1.54) is 24.3 Å². The van der Waals surface area contributed by atoms with E-state index in [0.29, 0.717) is 22.3 Å². The lowest BCUT2D eigenvalue weighted by molar-refractivity contribution is -0.385. The molecule has 1 amide bonds. The SMILES string of the molecule is N#Cc1cc([N+](=O)[O-])cn(CC(=O)Nc2ccc(SC(F)F)cc2)c1=O. The monoisotopic (exact) mass is 380 g/mol. The molecule has 1 aromatic carbocycles. The molecule has 1 heterocycles. The van der Waals surface area contributed by atoms with E-state index in [1.807, 2.05) is 0 Å². The summed E-state index contributed by atoms with van der Waals surface area (Å²) in [5, 5.41) is 22.1. The third kappa shape index (κ3) is 4.87. The van der Waals surface area contributed by atoms with Crippen molar-refractivity contribution in [3.8, 4) is 6.07 Å². The van der Waals surface area contributed by atoms with Crippen LogP contribution in [0.25, 0.3) is 0 Å². The van der Waals surface area contributed by atoms with E-state index in [0.717, 1.165) is 16.8 Å². The smallest absolute Gasteiger partial charge is 0.288 e. The molecule has 0 radical (unpaired) electrons. The van der Waals surface area contributed by atoms with Crippen LogP contribution in [0, 0.1) is 21.4 Å². The zero-order valence-corrected chi connectivity index (χ0v) is 13.7. The molecule has 0 aliphatic carbocycles. The summed E-state index contributed by atoms with van der Waals surface area (Å²) < 4.78 is 25.3. The van der Waals surface area contributed by atoms with Crippen LogP contribution < -0.4 is 10.9 Å². The van der Waals surface area contributed by atoms with E-state index in [9.17, 15) is 28.5 Å². The average Bonchev–Trinajstić information content (AvgIpc) is 2.57. The van der Waals surface area contributed by atoms with Gasteiger partial charge in [0.1, 0.15) is 18.2 Å². The number of hydrogen-bond donors (Lipinski definition) is 1. The van der Waals surface area contributed by atoms with Gasteiger partial charge in [-0.1, -0.05) is 11.8 Å². The first-order valence-electron chi connectivity index (χ1n) is 6.94. The average molecular weight is 380 g/mol. The van der Waals surface area contributed by atoms with E-state index in [1.54, 1.807) is 6.07 Å². The highest BCUT2D eigenvalue weighted by molar-refractivity contribution is 7.99. The number of rotatable bonds is 6. The van der Waals surface area contributed by atoms with Crippen LogP contribution in [-0.2, 0) is 11.3 Å². The van der Waals surface area contributed by atoms with Gasteiger partial charge in [-0.15, -0.1) is 0 Å². The van der Waals surface area contributed by atoms with Crippen LogP contribution in [0.15, 0.2) is 46.2 Å². The predicted octanol–water partition coefficient (Wildman–Crippen LogP) is 2.58. The molecule has 0 atom stereocenters. The van der Waals surface area contributed by atoms with Crippen molar-refractivity contribution >= 4 is 29.0 Å². The van der Waals surface area contributed by atoms with Gasteiger partial charge < -0.3 is 5.32 Å². The number of pyridine rings is 1. The number of amides is 1. The molecule has 0 fully saturated rings. The number of anilines is 1. The second-order valence-electron chi connectivity index (χ2n) is 4.87. The van der Waals surface area contributed by atoms with Crippen LogP contribution >= 0.6 is 11.8 Å². The summed E-state index contributed by atoms with van der Waals surface area (Å²) >= 11 is 0.353. The van der Waals surface area contributed by atoms with Gasteiger partial charge in [-0.2, -0.15) is 14.0 Å². The van der Waals surface area contributed by atoms with Crippen molar-refractivity contribution in [2.45, 2.75) is 17.2 Å². The summed E-state index contributed by atoms with van der Waals surface area (Å²) in [6, 6.07) is 7.95. The van der Waals surface area contributed by atoms with E-state index in [4.69, 9.17) is 5.26 Å². The zero-order chi connectivity index (χ0) is 19.3. The van der Waals surface area contributed by atoms with Crippen LogP contribution in [0.3, 0.4) is 0 Å². The lowest BCUT2D eigenvalue weighted by Crippen LogP contribution is -2.29. The number of alkyl halides is 2. The maximum absolute atomic E-state index is 12.3. The molecule has 1 N–H and O–H groups in total. The van der Waals surface area contributed by atoms with Gasteiger partial charge in [-0.25, -0.2) is 0 Å². The Kier molecular flexibility index (Phi) is 6.03. The fourth-order valence-electron chi connectivity index (χ4n) is 1.99. The van der Waals surface area contributed by atoms with Gasteiger partial charge in [0.05, 0.1) is 11.1 Å². The topological polar surface area (TPSA) is 118 Å². The second kappa shape index (κ2) is 8.21. The molecule has 0 unspecified atom stereocenters. The van der Waals surface area contributed by atoms with Gasteiger partial charge in [0.25, 0.3) is 17.0 Å². The first-order valence-corrected chi connectivity index (χ1v) is 7.82. The molecular weight excluding hydrogens is 370 g/mol. The molecule has 11 heteroatoms. The molecule has 0 saturated heterocycles. The van der Waals surface area contributed by atoms with Crippen molar-refractivity contribution in [1.82, 2.24) is 4.57 Å². The first-order chi connectivity index (χ1) is 12.3. The molecule has 0 bridgehead atoms. The minimum absolute atomic E-state index is 0.299. The molecule has 0 saturated carbocycles. The Morgan fingerprint density at radius 2 is 2.04 bits per heavy atom. The highest BCUT2D eigenvalue weighted by Gasteiger charge is 2.15. The van der Waals surface area contributed by atoms with Gasteiger partial charge in [0.15, 0.2) is 0 Å². The number of hydrogen-bond acceptors (Lipinski definition) is 6. The van der Waals surface area contributed by atoms with E-state index in [2.05, 4.69) is 5.32 Å². The first kappa shape index (κ1) is 19.1. The number of nitrogens with zero attached hydrogens (tertiary/aromatic N) is 3. The summed E-state index contributed by atoms with van der Waals surface area (Å²) in [6.45, 7) is -0.553. The molecular formula is C15H10F2N4O4S. The maximum atomic E-state index is 12.3. The van der Waals surface area contributed by atoms with Crippen LogP contribution in [0.4, 0.5) is 20.2 Å². The Hall–Kier alpha value is -3.26. The quantitative estimate of drug-likeness (QED) is 0.467. The number of carbonyl (C=O) groups excluding carboxylic acids is 1. The van der Waals surface area contributed by atoms with Crippen LogP contribution in [0.5, 0.6) is 0 Å². The lowest BCUT2D eigenvalue weighted by atomic mass is 10.2. The molecule has 0 spiro atoms. The Balaban J connectivity index is 2.15. The highest BCUT2D eigenvalue weighted by atomic mass is 32.2. The van der Waals surface area contributed by atoms with Gasteiger partial charge in [0, 0.05) is 16.6 Å². The maximum Gasteiger partial charge on any atom is 0.288 e. The van der Waals surface area contributed by atoms with Crippen molar-refractivity contribution in [1.29, 1.82) is 5.26 Å². The number of carbonyl (C=O) groups is 1. The highest BCUT2D eigenvalue weighted by Crippen LogP contribution is 2.26. The van der Waals surface area contributed by atoms with Gasteiger partial charge in [-0.3, -0.25) is 24.3 Å². The van der Waals surface area contributed by atoms with Gasteiger partial charge in [-0.05, 0) is 24.3 Å². The summed E-state index contributed by atoms with van der Waals surface area (Å²) in [5.41, 5.74) is -1.49. The number of nitrogens with one attached hydrogen (secondary N) is 1. The van der Waals surface area contributed by atoms with Gasteiger partial charge >= 0.3 is 0 Å². The van der Waals surface area contributed by atoms with Crippen molar-refractivity contribution in [2.24, 2.45) is 0 Å². The van der Waals surface area contributed by atoms with Crippen molar-refractivity contribution in [2.75, 3.05) is 5.32 Å². The number of nitriles is 1. The fourth-order valence-corrected chi connectivity index (χ4v) is 2.49. The van der Waals surface area contributed by atoms with E-state index < -0.39 is 39.9 Å². The van der Waals surface area contributed by atoms with Gasteiger partial charge in [0.2, 0.25) is 5.91 Å². The van der Waals surface area contributed by atoms with E-state index in [-0.39, 0.29) is 0 Å². The number of nitro groups is 1. The predicted molar refractivity (Wildman–Crippen MR) is 89.0 cm³/mol. The molecule has 0 aliphatic heterocycles. The summed E-state index contributed by atoms with van der Waals surface area (Å²) in [5.74, 6) is -3.24. The summed E-state index contributed by atoms with van der Waals surface area (Å²) in [4.78, 5) is 34.4. The molecule has 8 nitrogen and oxygen atoms in total. The molecule has 0 aliphatic rings. The third-order valence-electron chi connectivity index (χ3n) is 3.08.